The topological polar surface area (TPSA) is 75.6 Å². The van der Waals surface area contributed by atoms with Crippen LogP contribution in [0.3, 0.4) is 0 Å². The molecule has 0 aromatic heterocycles. The van der Waals surface area contributed by atoms with Gasteiger partial charge >= 0.3 is 5.97 Å². The molecule has 20 heavy (non-hydrogen) atoms. The Morgan fingerprint density at radius 2 is 2.00 bits per heavy atom. The summed E-state index contributed by atoms with van der Waals surface area (Å²) in [6.07, 6.45) is 0. The second-order valence-electron chi connectivity index (χ2n) is 4.39. The van der Waals surface area contributed by atoms with Gasteiger partial charge in [0.1, 0.15) is 0 Å². The molecule has 0 heterocycles. The molecule has 0 fully saturated rings. The van der Waals surface area contributed by atoms with Crippen LogP contribution < -0.4 is 5.32 Å². The lowest BCUT2D eigenvalue weighted by molar-refractivity contribution is -0.147. The second kappa shape index (κ2) is 7.91. The largest absolute Gasteiger partial charge is 0.479 e. The zero-order chi connectivity index (χ0) is 15.0. The molecule has 0 saturated heterocycles. The minimum absolute atomic E-state index is 0.207. The number of nitrogens with one attached hydrogen (secondary N) is 1. The Bertz CT molecular complexity index is 452. The van der Waals surface area contributed by atoms with Crippen LogP contribution in [0, 0.1) is 0 Å². The number of hydrogen-bond donors (Lipinski definition) is 2. The lowest BCUT2D eigenvalue weighted by Crippen LogP contribution is -2.50. The van der Waals surface area contributed by atoms with Crippen molar-refractivity contribution >= 4 is 23.6 Å². The fourth-order valence-electron chi connectivity index (χ4n) is 1.64. The highest BCUT2D eigenvalue weighted by Crippen LogP contribution is 2.21. The monoisotopic (exact) mass is 297 g/mol. The summed E-state index contributed by atoms with van der Waals surface area (Å²) < 4.78 is 4.89. The van der Waals surface area contributed by atoms with E-state index in [1.807, 2.05) is 0 Å². The number of carboxylic acids is 1. The molecule has 0 bridgehead atoms. The molecule has 1 aromatic carbocycles. The van der Waals surface area contributed by atoms with Gasteiger partial charge in [-0.1, -0.05) is 30.3 Å². The van der Waals surface area contributed by atoms with Gasteiger partial charge in [0.15, 0.2) is 5.54 Å². The van der Waals surface area contributed by atoms with E-state index < -0.39 is 11.5 Å². The van der Waals surface area contributed by atoms with Crippen molar-refractivity contribution in [3.8, 4) is 0 Å². The Morgan fingerprint density at radius 3 is 2.55 bits per heavy atom. The van der Waals surface area contributed by atoms with Gasteiger partial charge < -0.3 is 15.2 Å². The van der Waals surface area contributed by atoms with Crippen LogP contribution in [0.2, 0.25) is 0 Å². The number of carbonyl (C=O) groups excluding carboxylic acids is 1. The smallest absolute Gasteiger partial charge is 0.333 e. The van der Waals surface area contributed by atoms with Crippen molar-refractivity contribution in [1.29, 1.82) is 0 Å². The molecule has 2 N–H and O–H groups in total. The first kappa shape index (κ1) is 16.5. The Hall–Kier alpha value is -1.53. The summed E-state index contributed by atoms with van der Waals surface area (Å²) >= 11 is 1.40. The van der Waals surface area contributed by atoms with E-state index in [4.69, 9.17) is 4.74 Å². The van der Waals surface area contributed by atoms with Gasteiger partial charge in [0, 0.05) is 12.9 Å². The summed E-state index contributed by atoms with van der Waals surface area (Å²) in [7, 11) is 1.59. The van der Waals surface area contributed by atoms with Gasteiger partial charge in [-0.2, -0.15) is 0 Å². The number of thioether (sulfide) groups is 1. The molecule has 1 aromatic rings. The minimum Gasteiger partial charge on any atom is -0.479 e. The average Bonchev–Trinajstić information content (AvgIpc) is 2.44. The van der Waals surface area contributed by atoms with E-state index in [9.17, 15) is 14.7 Å². The van der Waals surface area contributed by atoms with E-state index in [0.29, 0.717) is 17.9 Å². The predicted octanol–water partition coefficient (Wildman–Crippen LogP) is 1.48. The van der Waals surface area contributed by atoms with Crippen LogP contribution in [0.1, 0.15) is 12.5 Å². The number of hydrogen-bond acceptors (Lipinski definition) is 4. The zero-order valence-corrected chi connectivity index (χ0v) is 12.4. The molecule has 0 aliphatic heterocycles. The van der Waals surface area contributed by atoms with Crippen molar-refractivity contribution in [3.63, 3.8) is 0 Å². The normalized spacial score (nSPS) is 13.5. The van der Waals surface area contributed by atoms with E-state index in [0.717, 1.165) is 0 Å². The Labute approximate surface area is 122 Å². The van der Waals surface area contributed by atoms with Gasteiger partial charge in [-0.15, -0.1) is 11.8 Å². The number of aliphatic carboxylic acids is 1. The number of carbonyl (C=O) groups is 2. The maximum atomic E-state index is 11.9. The predicted molar refractivity (Wildman–Crippen MR) is 78.8 cm³/mol. The molecule has 0 saturated carbocycles. The molecule has 0 aliphatic rings. The summed E-state index contributed by atoms with van der Waals surface area (Å²) in [5.41, 5.74) is -0.872. The first-order chi connectivity index (χ1) is 9.50. The molecule has 6 heteroatoms. The molecule has 1 atom stereocenters. The molecule has 1 amide bonds. The van der Waals surface area contributed by atoms with Gasteiger partial charge in [0.25, 0.3) is 0 Å². The van der Waals surface area contributed by atoms with Crippen molar-refractivity contribution in [2.24, 2.45) is 0 Å². The van der Waals surface area contributed by atoms with Gasteiger partial charge in [0.05, 0.1) is 12.4 Å². The summed E-state index contributed by atoms with van der Waals surface area (Å²) in [5.74, 6) is -0.489. The number of carboxylic acid groups (broad SMARTS) is 1. The molecule has 1 rings (SSSR count). The number of amides is 1. The van der Waals surface area contributed by atoms with Crippen molar-refractivity contribution in [2.75, 3.05) is 25.2 Å². The van der Waals surface area contributed by atoms with Crippen molar-refractivity contribution in [2.45, 2.75) is 12.5 Å². The third kappa shape index (κ3) is 4.54. The highest BCUT2D eigenvalue weighted by atomic mass is 32.2. The molecular formula is C14H19NO4S. The van der Waals surface area contributed by atoms with E-state index in [-0.39, 0.29) is 11.7 Å². The second-order valence-corrected chi connectivity index (χ2v) is 5.49. The highest BCUT2D eigenvalue weighted by molar-refractivity contribution is 7.99. The van der Waals surface area contributed by atoms with Gasteiger partial charge in [-0.3, -0.25) is 4.79 Å². The fraction of sp³-hybridized carbons (Fsp3) is 0.429. The standard InChI is InChI=1S/C14H19NO4S/c1-14(13(17)18,11-6-4-3-5-7-11)15-12(16)10-20-9-8-19-2/h3-7H,8-10H2,1-2H3,(H,15,16)(H,17,18). The summed E-state index contributed by atoms with van der Waals surface area (Å²) in [5, 5.41) is 12.0. The van der Waals surface area contributed by atoms with E-state index >= 15 is 0 Å². The lowest BCUT2D eigenvalue weighted by atomic mass is 9.92. The van der Waals surface area contributed by atoms with Crippen LogP contribution in [0.5, 0.6) is 0 Å². The molecule has 0 spiro atoms. The van der Waals surface area contributed by atoms with Crippen LogP contribution in [0.4, 0.5) is 0 Å². The van der Waals surface area contributed by atoms with Crippen LogP contribution in [-0.4, -0.2) is 42.2 Å². The maximum Gasteiger partial charge on any atom is 0.333 e. The molecular weight excluding hydrogens is 278 g/mol. The van der Waals surface area contributed by atoms with Crippen molar-refractivity contribution in [3.05, 3.63) is 35.9 Å². The number of rotatable bonds is 8. The maximum absolute atomic E-state index is 11.9. The van der Waals surface area contributed by atoms with Crippen LogP contribution in [0.15, 0.2) is 30.3 Å². The highest BCUT2D eigenvalue weighted by Gasteiger charge is 2.36. The fourth-order valence-corrected chi connectivity index (χ4v) is 2.33. The average molecular weight is 297 g/mol. The van der Waals surface area contributed by atoms with E-state index in [1.54, 1.807) is 37.4 Å². The SMILES string of the molecule is COCCSCC(=O)NC(C)(C(=O)O)c1ccccc1. The molecule has 0 aliphatic carbocycles. The van der Waals surface area contributed by atoms with Gasteiger partial charge in [-0.25, -0.2) is 4.79 Å². The third-order valence-electron chi connectivity index (χ3n) is 2.83. The van der Waals surface area contributed by atoms with Crippen LogP contribution in [0.25, 0.3) is 0 Å². The Kier molecular flexibility index (Phi) is 6.54. The van der Waals surface area contributed by atoms with Crippen molar-refractivity contribution < 1.29 is 19.4 Å². The summed E-state index contributed by atoms with van der Waals surface area (Å²) in [6, 6.07) is 8.67. The number of methoxy groups -OCH3 is 1. The third-order valence-corrected chi connectivity index (χ3v) is 3.75. The Morgan fingerprint density at radius 1 is 1.35 bits per heavy atom. The summed E-state index contributed by atoms with van der Waals surface area (Å²) in [6.45, 7) is 2.05. The van der Waals surface area contributed by atoms with E-state index in [1.165, 1.54) is 18.7 Å². The molecule has 110 valence electrons. The lowest BCUT2D eigenvalue weighted by Gasteiger charge is -2.26. The minimum atomic E-state index is -1.42. The zero-order valence-electron chi connectivity index (χ0n) is 11.6. The van der Waals surface area contributed by atoms with Crippen LogP contribution in [-0.2, 0) is 19.9 Å². The van der Waals surface area contributed by atoms with Gasteiger partial charge in [-0.05, 0) is 12.5 Å². The van der Waals surface area contributed by atoms with Crippen LogP contribution >= 0.6 is 11.8 Å². The molecule has 1 unspecified atom stereocenters. The van der Waals surface area contributed by atoms with Crippen molar-refractivity contribution in [1.82, 2.24) is 5.32 Å². The number of ether oxygens (including phenoxy) is 1. The Balaban J connectivity index is 2.68. The quantitative estimate of drug-likeness (QED) is 0.711. The summed E-state index contributed by atoms with van der Waals surface area (Å²) in [4.78, 5) is 23.4. The number of benzene rings is 1. The first-order valence-corrected chi connectivity index (χ1v) is 7.33. The first-order valence-electron chi connectivity index (χ1n) is 6.17. The van der Waals surface area contributed by atoms with E-state index in [2.05, 4.69) is 5.32 Å². The van der Waals surface area contributed by atoms with Gasteiger partial charge in [0.2, 0.25) is 5.91 Å². The molecule has 0 radical (unpaired) electrons. The molecule has 5 nitrogen and oxygen atoms in total.